The summed E-state index contributed by atoms with van der Waals surface area (Å²) in [6.45, 7) is 3.92. The predicted octanol–water partition coefficient (Wildman–Crippen LogP) is 1.14. The topological polar surface area (TPSA) is 82.8 Å². The second kappa shape index (κ2) is 8.86. The first-order chi connectivity index (χ1) is 11.1. The molecule has 3 N–H and O–H groups in total. The van der Waals surface area contributed by atoms with Crippen molar-refractivity contribution in [1.29, 1.82) is 0 Å². The summed E-state index contributed by atoms with van der Waals surface area (Å²) < 4.78 is 16.4. The lowest BCUT2D eigenvalue weighted by Gasteiger charge is -2.17. The van der Waals surface area contributed by atoms with E-state index in [4.69, 9.17) is 19.9 Å². The molecule has 1 saturated heterocycles. The number of hydrogen-bond donors (Lipinski definition) is 2. The van der Waals surface area contributed by atoms with Crippen LogP contribution >= 0.6 is 0 Å². The Bertz CT molecular complexity index is 515. The minimum absolute atomic E-state index is 0.160. The van der Waals surface area contributed by atoms with Crippen molar-refractivity contribution in [1.82, 2.24) is 5.32 Å². The molecule has 1 aliphatic heterocycles. The standard InChI is InChI=1S/C17H26N2O4/c1-12-5-6-13(9-19-17(20)15(18)11-21-2)16(8-12)23-10-14-4-3-7-22-14/h5-6,8,14-15H,3-4,7,9-11,18H2,1-2H3,(H,19,20). The van der Waals surface area contributed by atoms with Crippen LogP contribution in [0.15, 0.2) is 18.2 Å². The van der Waals surface area contributed by atoms with Gasteiger partial charge < -0.3 is 25.3 Å². The molecule has 1 amide bonds. The molecule has 2 unspecified atom stereocenters. The van der Waals surface area contributed by atoms with Crippen molar-refractivity contribution in [3.63, 3.8) is 0 Å². The smallest absolute Gasteiger partial charge is 0.239 e. The normalized spacial score (nSPS) is 18.7. The summed E-state index contributed by atoms with van der Waals surface area (Å²) in [5.41, 5.74) is 7.74. The summed E-state index contributed by atoms with van der Waals surface area (Å²) in [6, 6.07) is 5.27. The van der Waals surface area contributed by atoms with Crippen LogP contribution in [0.25, 0.3) is 0 Å². The highest BCUT2D eigenvalue weighted by Gasteiger charge is 2.17. The van der Waals surface area contributed by atoms with E-state index < -0.39 is 6.04 Å². The zero-order valence-corrected chi connectivity index (χ0v) is 13.8. The maximum absolute atomic E-state index is 11.9. The molecule has 6 heteroatoms. The van der Waals surface area contributed by atoms with Gasteiger partial charge in [-0.3, -0.25) is 4.79 Å². The summed E-state index contributed by atoms with van der Waals surface area (Å²) in [6.07, 6.45) is 2.28. The highest BCUT2D eigenvalue weighted by Crippen LogP contribution is 2.22. The Kier molecular flexibility index (Phi) is 6.83. The van der Waals surface area contributed by atoms with Crippen LogP contribution in [0.1, 0.15) is 24.0 Å². The summed E-state index contributed by atoms with van der Waals surface area (Å²) in [5.74, 6) is 0.540. The van der Waals surface area contributed by atoms with Crippen LogP contribution in [0, 0.1) is 6.92 Å². The van der Waals surface area contributed by atoms with Gasteiger partial charge in [-0.05, 0) is 31.4 Å². The van der Waals surface area contributed by atoms with Crippen molar-refractivity contribution in [3.8, 4) is 5.75 Å². The van der Waals surface area contributed by atoms with Gasteiger partial charge in [0.1, 0.15) is 18.4 Å². The van der Waals surface area contributed by atoms with Crippen molar-refractivity contribution in [2.75, 3.05) is 26.9 Å². The Hall–Kier alpha value is -1.63. The highest BCUT2D eigenvalue weighted by atomic mass is 16.5. The average Bonchev–Trinajstić information content (AvgIpc) is 3.05. The molecule has 128 valence electrons. The fourth-order valence-corrected chi connectivity index (χ4v) is 2.47. The number of carbonyl (C=O) groups excluding carboxylic acids is 1. The van der Waals surface area contributed by atoms with Crippen LogP contribution in [0.4, 0.5) is 0 Å². The van der Waals surface area contributed by atoms with Crippen LogP contribution < -0.4 is 15.8 Å². The molecule has 2 rings (SSSR count). The third-order valence-corrected chi connectivity index (χ3v) is 3.81. The van der Waals surface area contributed by atoms with Crippen LogP contribution in [0.5, 0.6) is 5.75 Å². The number of rotatable bonds is 8. The van der Waals surface area contributed by atoms with E-state index in [1.165, 1.54) is 7.11 Å². The maximum Gasteiger partial charge on any atom is 0.239 e. The molecule has 0 saturated carbocycles. The lowest BCUT2D eigenvalue weighted by atomic mass is 10.1. The fraction of sp³-hybridized carbons (Fsp3) is 0.588. The number of methoxy groups -OCH3 is 1. The van der Waals surface area contributed by atoms with E-state index in [1.807, 2.05) is 25.1 Å². The molecule has 6 nitrogen and oxygen atoms in total. The van der Waals surface area contributed by atoms with Gasteiger partial charge >= 0.3 is 0 Å². The lowest BCUT2D eigenvalue weighted by molar-refractivity contribution is -0.123. The van der Waals surface area contributed by atoms with Crippen molar-refractivity contribution >= 4 is 5.91 Å². The molecule has 1 fully saturated rings. The Balaban J connectivity index is 1.93. The summed E-state index contributed by atoms with van der Waals surface area (Å²) in [5, 5.41) is 2.82. The zero-order valence-electron chi connectivity index (χ0n) is 13.8. The molecule has 0 spiro atoms. The largest absolute Gasteiger partial charge is 0.491 e. The first-order valence-electron chi connectivity index (χ1n) is 7.96. The Morgan fingerprint density at radius 3 is 3.04 bits per heavy atom. The molecule has 1 aromatic rings. The van der Waals surface area contributed by atoms with Gasteiger partial charge in [0, 0.05) is 25.8 Å². The molecule has 1 heterocycles. The molecular weight excluding hydrogens is 296 g/mol. The SMILES string of the molecule is COCC(N)C(=O)NCc1ccc(C)cc1OCC1CCCO1. The number of amides is 1. The van der Waals surface area contributed by atoms with Gasteiger partial charge in [0.15, 0.2) is 0 Å². The summed E-state index contributed by atoms with van der Waals surface area (Å²) in [4.78, 5) is 11.9. The van der Waals surface area contributed by atoms with Crippen LogP contribution in [0.3, 0.4) is 0 Å². The fourth-order valence-electron chi connectivity index (χ4n) is 2.47. The van der Waals surface area contributed by atoms with E-state index in [-0.39, 0.29) is 18.6 Å². The highest BCUT2D eigenvalue weighted by molar-refractivity contribution is 5.81. The van der Waals surface area contributed by atoms with E-state index in [0.29, 0.717) is 13.2 Å². The molecule has 0 bridgehead atoms. The molecule has 0 radical (unpaired) electrons. The van der Waals surface area contributed by atoms with Gasteiger partial charge in [0.2, 0.25) is 5.91 Å². The van der Waals surface area contributed by atoms with Gasteiger partial charge in [-0.1, -0.05) is 12.1 Å². The van der Waals surface area contributed by atoms with E-state index in [0.717, 1.165) is 36.3 Å². The third-order valence-electron chi connectivity index (χ3n) is 3.81. The Morgan fingerprint density at radius 1 is 1.52 bits per heavy atom. The van der Waals surface area contributed by atoms with Gasteiger partial charge in [-0.15, -0.1) is 0 Å². The van der Waals surface area contributed by atoms with Crippen LogP contribution in [0.2, 0.25) is 0 Å². The van der Waals surface area contributed by atoms with Gasteiger partial charge in [-0.25, -0.2) is 0 Å². The van der Waals surface area contributed by atoms with Gasteiger partial charge in [0.05, 0.1) is 12.7 Å². The molecule has 0 aliphatic carbocycles. The first kappa shape index (κ1) is 17.7. The van der Waals surface area contributed by atoms with Crippen molar-refractivity contribution in [3.05, 3.63) is 29.3 Å². The first-order valence-corrected chi connectivity index (χ1v) is 7.96. The molecular formula is C17H26N2O4. The zero-order chi connectivity index (χ0) is 16.7. The van der Waals surface area contributed by atoms with E-state index in [2.05, 4.69) is 5.32 Å². The predicted molar refractivity (Wildman–Crippen MR) is 87.3 cm³/mol. The molecule has 1 aliphatic rings. The Morgan fingerprint density at radius 2 is 2.35 bits per heavy atom. The number of nitrogens with one attached hydrogen (secondary N) is 1. The van der Waals surface area contributed by atoms with Crippen LogP contribution in [-0.2, 0) is 20.8 Å². The number of hydrogen-bond acceptors (Lipinski definition) is 5. The molecule has 23 heavy (non-hydrogen) atoms. The van der Waals surface area contributed by atoms with Crippen molar-refractivity contribution in [2.45, 2.75) is 38.5 Å². The summed E-state index contributed by atoms with van der Waals surface area (Å²) >= 11 is 0. The monoisotopic (exact) mass is 322 g/mol. The molecule has 1 aromatic carbocycles. The van der Waals surface area contributed by atoms with Gasteiger partial charge in [-0.2, -0.15) is 0 Å². The van der Waals surface area contributed by atoms with Crippen molar-refractivity contribution < 1.29 is 19.0 Å². The number of benzene rings is 1. The lowest BCUT2D eigenvalue weighted by Crippen LogP contribution is -2.43. The Labute approximate surface area is 137 Å². The molecule has 0 aromatic heterocycles. The number of carbonyl (C=O) groups is 1. The average molecular weight is 322 g/mol. The second-order valence-corrected chi connectivity index (χ2v) is 5.84. The minimum Gasteiger partial charge on any atom is -0.491 e. The maximum atomic E-state index is 11.9. The van der Waals surface area contributed by atoms with E-state index >= 15 is 0 Å². The van der Waals surface area contributed by atoms with E-state index in [9.17, 15) is 4.79 Å². The third kappa shape index (κ3) is 5.49. The number of nitrogens with two attached hydrogens (primary N) is 1. The second-order valence-electron chi connectivity index (χ2n) is 5.84. The van der Waals surface area contributed by atoms with Gasteiger partial charge in [0.25, 0.3) is 0 Å². The summed E-state index contributed by atoms with van der Waals surface area (Å²) in [7, 11) is 1.52. The molecule has 2 atom stereocenters. The quantitative estimate of drug-likeness (QED) is 0.750. The van der Waals surface area contributed by atoms with Crippen molar-refractivity contribution in [2.24, 2.45) is 5.73 Å². The van der Waals surface area contributed by atoms with Crippen LogP contribution in [-0.4, -0.2) is 45.0 Å². The van der Waals surface area contributed by atoms with E-state index in [1.54, 1.807) is 0 Å². The number of ether oxygens (including phenoxy) is 3. The number of aryl methyl sites for hydroxylation is 1. The minimum atomic E-state index is -0.665.